The van der Waals surface area contributed by atoms with E-state index in [1.54, 1.807) is 24.3 Å². The number of nitrogens with two attached hydrogens (primary N) is 1. The van der Waals surface area contributed by atoms with E-state index in [4.69, 9.17) is 10.8 Å². The third-order valence-electron chi connectivity index (χ3n) is 2.64. The first-order valence-electron chi connectivity index (χ1n) is 6.05. The Hall–Kier alpha value is -2.67. The first-order chi connectivity index (χ1) is 9.93. The molecule has 112 valence electrons. The number of carbonyl (C=O) groups is 3. The number of benzene rings is 1. The summed E-state index contributed by atoms with van der Waals surface area (Å²) >= 11 is 0. The van der Waals surface area contributed by atoms with Crippen LogP contribution in [0.5, 0.6) is 0 Å². The molecule has 1 aromatic carbocycles. The third kappa shape index (κ3) is 5.45. The minimum atomic E-state index is -1.15. The number of rotatable bonds is 7. The van der Waals surface area contributed by atoms with Crippen molar-refractivity contribution in [3.8, 4) is 0 Å². The Morgan fingerprint density at radius 1 is 1.33 bits per heavy atom. The second-order valence-corrected chi connectivity index (χ2v) is 4.13. The number of carbonyl (C=O) groups excluding carboxylic acids is 2. The van der Waals surface area contributed by atoms with Gasteiger partial charge in [0.05, 0.1) is 6.54 Å². The molecule has 0 aliphatic carbocycles. The molecule has 0 spiro atoms. The summed E-state index contributed by atoms with van der Waals surface area (Å²) in [4.78, 5) is 33.1. The third-order valence-corrected chi connectivity index (χ3v) is 2.64. The van der Waals surface area contributed by atoms with E-state index in [9.17, 15) is 14.4 Å². The molecule has 0 saturated heterocycles. The molecule has 4 N–H and O–H groups in total. The van der Waals surface area contributed by atoms with Crippen LogP contribution < -0.4 is 11.1 Å². The quantitative estimate of drug-likeness (QED) is 0.612. The van der Waals surface area contributed by atoms with Crippen molar-refractivity contribution in [3.63, 3.8) is 0 Å². The Balaban J connectivity index is 2.54. The Kier molecular flexibility index (Phi) is 6.09. The Morgan fingerprint density at radius 3 is 2.43 bits per heavy atom. The van der Waals surface area contributed by atoms with Crippen LogP contribution >= 0.6 is 0 Å². The number of ether oxygens (including phenoxy) is 1. The molecule has 21 heavy (non-hydrogen) atoms. The Labute approximate surface area is 121 Å². The van der Waals surface area contributed by atoms with E-state index in [0.29, 0.717) is 11.1 Å². The summed E-state index contributed by atoms with van der Waals surface area (Å²) < 4.78 is 4.68. The first-order valence-corrected chi connectivity index (χ1v) is 6.05. The molecule has 1 atom stereocenters. The average Bonchev–Trinajstić information content (AvgIpc) is 2.45. The van der Waals surface area contributed by atoms with E-state index in [1.165, 1.54) is 19.3 Å². The minimum Gasteiger partial charge on any atom is -0.479 e. The van der Waals surface area contributed by atoms with Crippen LogP contribution in [0.15, 0.2) is 30.3 Å². The smallest absolute Gasteiger partial charge is 0.334 e. The lowest BCUT2D eigenvalue weighted by molar-refractivity contribution is -0.148. The van der Waals surface area contributed by atoms with Crippen molar-refractivity contribution < 1.29 is 24.2 Å². The van der Waals surface area contributed by atoms with E-state index in [2.05, 4.69) is 10.1 Å². The van der Waals surface area contributed by atoms with E-state index < -0.39 is 23.9 Å². The second kappa shape index (κ2) is 7.81. The summed E-state index contributed by atoms with van der Waals surface area (Å²) in [6.45, 7) is -0.129. The topological polar surface area (TPSA) is 119 Å². The number of methoxy groups -OCH3 is 1. The van der Waals surface area contributed by atoms with Gasteiger partial charge in [0, 0.05) is 18.7 Å². The van der Waals surface area contributed by atoms with Crippen molar-refractivity contribution in [2.24, 2.45) is 5.73 Å². The van der Waals surface area contributed by atoms with Gasteiger partial charge in [0.25, 0.3) is 0 Å². The SMILES string of the molecule is COC(CNC(=O)/C=C/c1ccc(C(N)=O)cc1)C(=O)O. The summed E-state index contributed by atoms with van der Waals surface area (Å²) in [6.07, 6.45) is 1.70. The number of nitrogens with one attached hydrogen (secondary N) is 1. The van der Waals surface area contributed by atoms with Crippen molar-refractivity contribution in [2.75, 3.05) is 13.7 Å². The van der Waals surface area contributed by atoms with Gasteiger partial charge in [0.2, 0.25) is 11.8 Å². The highest BCUT2D eigenvalue weighted by Gasteiger charge is 2.16. The lowest BCUT2D eigenvalue weighted by Gasteiger charge is -2.09. The van der Waals surface area contributed by atoms with Crippen LogP contribution in [0.3, 0.4) is 0 Å². The minimum absolute atomic E-state index is 0.129. The van der Waals surface area contributed by atoms with E-state index in [0.717, 1.165) is 0 Å². The number of hydrogen-bond acceptors (Lipinski definition) is 4. The molecule has 0 saturated carbocycles. The zero-order chi connectivity index (χ0) is 15.8. The standard InChI is InChI=1S/C14H16N2O5/c1-21-11(14(19)20)8-16-12(17)7-4-9-2-5-10(6-3-9)13(15)18/h2-7,11H,8H2,1H3,(H2,15,18)(H,16,17)(H,19,20)/b7-4+. The van der Waals surface area contributed by atoms with Crippen LogP contribution in [0.25, 0.3) is 6.08 Å². The summed E-state index contributed by atoms with van der Waals surface area (Å²) in [6, 6.07) is 6.37. The zero-order valence-corrected chi connectivity index (χ0v) is 11.4. The summed E-state index contributed by atoms with van der Waals surface area (Å²) in [5.41, 5.74) is 6.19. The normalized spacial score (nSPS) is 12.0. The summed E-state index contributed by atoms with van der Waals surface area (Å²) in [7, 11) is 1.25. The molecule has 7 heteroatoms. The van der Waals surface area contributed by atoms with Crippen molar-refractivity contribution >= 4 is 23.9 Å². The molecule has 0 aliphatic rings. The van der Waals surface area contributed by atoms with Crippen LogP contribution in [0.4, 0.5) is 0 Å². The van der Waals surface area contributed by atoms with Crippen LogP contribution in [-0.4, -0.2) is 42.6 Å². The largest absolute Gasteiger partial charge is 0.479 e. The maximum atomic E-state index is 11.5. The maximum absolute atomic E-state index is 11.5. The highest BCUT2D eigenvalue weighted by atomic mass is 16.5. The van der Waals surface area contributed by atoms with Gasteiger partial charge in [-0.1, -0.05) is 12.1 Å². The molecule has 0 aliphatic heterocycles. The first kappa shape index (κ1) is 16.4. The van der Waals surface area contributed by atoms with Gasteiger partial charge in [-0.05, 0) is 23.8 Å². The second-order valence-electron chi connectivity index (χ2n) is 4.13. The monoisotopic (exact) mass is 292 g/mol. The number of primary amides is 1. The summed E-state index contributed by atoms with van der Waals surface area (Å²) in [5.74, 6) is -2.12. The molecule has 1 aromatic rings. The molecule has 0 heterocycles. The van der Waals surface area contributed by atoms with E-state index >= 15 is 0 Å². The van der Waals surface area contributed by atoms with Gasteiger partial charge in [-0.25, -0.2) is 4.79 Å². The van der Waals surface area contributed by atoms with Crippen LogP contribution in [0.2, 0.25) is 0 Å². The average molecular weight is 292 g/mol. The molecule has 1 rings (SSSR count). The highest BCUT2D eigenvalue weighted by molar-refractivity contribution is 5.94. The summed E-state index contributed by atoms with van der Waals surface area (Å²) in [5, 5.41) is 11.1. The fourth-order valence-corrected chi connectivity index (χ4v) is 1.45. The number of aliphatic carboxylic acids is 1. The molecular weight excluding hydrogens is 276 g/mol. The number of carboxylic acid groups (broad SMARTS) is 1. The predicted molar refractivity (Wildman–Crippen MR) is 75.4 cm³/mol. The fraction of sp³-hybridized carbons (Fsp3) is 0.214. The maximum Gasteiger partial charge on any atom is 0.334 e. The van der Waals surface area contributed by atoms with Gasteiger partial charge < -0.3 is 20.9 Å². The van der Waals surface area contributed by atoms with Gasteiger partial charge in [0.1, 0.15) is 0 Å². The predicted octanol–water partition coefficient (Wildman–Crippen LogP) is 0.0145. The molecule has 0 bridgehead atoms. The van der Waals surface area contributed by atoms with Crippen molar-refractivity contribution in [1.29, 1.82) is 0 Å². The van der Waals surface area contributed by atoms with Gasteiger partial charge in [-0.15, -0.1) is 0 Å². The van der Waals surface area contributed by atoms with Gasteiger partial charge in [-0.3, -0.25) is 9.59 Å². The lowest BCUT2D eigenvalue weighted by atomic mass is 10.1. The Bertz CT molecular complexity index is 551. The molecule has 0 aromatic heterocycles. The Morgan fingerprint density at radius 2 is 1.95 bits per heavy atom. The van der Waals surface area contributed by atoms with Crippen molar-refractivity contribution in [3.05, 3.63) is 41.5 Å². The van der Waals surface area contributed by atoms with E-state index in [1.807, 2.05) is 0 Å². The number of carboxylic acids is 1. The van der Waals surface area contributed by atoms with Crippen LogP contribution in [-0.2, 0) is 14.3 Å². The van der Waals surface area contributed by atoms with Crippen LogP contribution in [0.1, 0.15) is 15.9 Å². The van der Waals surface area contributed by atoms with Gasteiger partial charge in [0.15, 0.2) is 6.10 Å². The molecule has 0 fully saturated rings. The lowest BCUT2D eigenvalue weighted by Crippen LogP contribution is -2.37. The van der Waals surface area contributed by atoms with Gasteiger partial charge >= 0.3 is 5.97 Å². The van der Waals surface area contributed by atoms with Crippen molar-refractivity contribution in [1.82, 2.24) is 5.32 Å². The highest BCUT2D eigenvalue weighted by Crippen LogP contribution is 2.05. The number of amides is 2. The van der Waals surface area contributed by atoms with Crippen LogP contribution in [0, 0.1) is 0 Å². The van der Waals surface area contributed by atoms with E-state index in [-0.39, 0.29) is 6.54 Å². The van der Waals surface area contributed by atoms with Crippen molar-refractivity contribution in [2.45, 2.75) is 6.10 Å². The molecule has 2 amide bonds. The number of hydrogen-bond donors (Lipinski definition) is 3. The fourth-order valence-electron chi connectivity index (χ4n) is 1.45. The van der Waals surface area contributed by atoms with Gasteiger partial charge in [-0.2, -0.15) is 0 Å². The molecule has 1 unspecified atom stereocenters. The molecular formula is C14H16N2O5. The zero-order valence-electron chi connectivity index (χ0n) is 11.4. The molecule has 7 nitrogen and oxygen atoms in total. The molecule has 0 radical (unpaired) electrons.